The topological polar surface area (TPSA) is 82.6 Å². The number of rotatable bonds is 6. The number of aliphatic carboxylic acids is 1. The highest BCUT2D eigenvalue weighted by molar-refractivity contribution is 6.30. The number of carboxylic acid groups (broad SMARTS) is 1. The fraction of sp³-hybridized carbons (Fsp3) is 0.304. The van der Waals surface area contributed by atoms with E-state index in [1.54, 1.807) is 12.1 Å². The number of hydrogen-bond donors (Lipinski definition) is 2. The summed E-state index contributed by atoms with van der Waals surface area (Å²) in [5.74, 6) is -1.34. The zero-order valence-electron chi connectivity index (χ0n) is 16.5. The van der Waals surface area contributed by atoms with Crippen molar-refractivity contribution < 1.29 is 19.4 Å². The van der Waals surface area contributed by atoms with Gasteiger partial charge in [0.05, 0.1) is 0 Å². The van der Waals surface area contributed by atoms with E-state index in [4.69, 9.17) is 16.3 Å². The van der Waals surface area contributed by atoms with Crippen molar-refractivity contribution in [3.05, 3.63) is 70.9 Å². The molecule has 0 unspecified atom stereocenters. The third kappa shape index (κ3) is 3.80. The number of carbonyl (C=O) groups excluding carboxylic acids is 1. The van der Waals surface area contributed by atoms with E-state index in [1.807, 2.05) is 49.4 Å². The van der Waals surface area contributed by atoms with Crippen molar-refractivity contribution in [2.45, 2.75) is 38.0 Å². The third-order valence-corrected chi connectivity index (χ3v) is 5.76. The Labute approximate surface area is 179 Å². The lowest BCUT2D eigenvalue weighted by atomic mass is 9.93. The Morgan fingerprint density at radius 2 is 2.00 bits per heavy atom. The summed E-state index contributed by atoms with van der Waals surface area (Å²) in [7, 11) is 0. The number of aromatic nitrogens is 1. The molecule has 3 aromatic rings. The first-order valence-electron chi connectivity index (χ1n) is 9.98. The highest BCUT2D eigenvalue weighted by Crippen LogP contribution is 2.42. The Balaban J connectivity index is 1.86. The largest absolute Gasteiger partial charge is 0.480 e. The number of ether oxygens (including phenoxy) is 1. The van der Waals surface area contributed by atoms with Crippen LogP contribution in [0.4, 0.5) is 0 Å². The van der Waals surface area contributed by atoms with Crippen LogP contribution in [0.25, 0.3) is 10.9 Å². The first kappa shape index (κ1) is 20.4. The Kier molecular flexibility index (Phi) is 5.79. The quantitative estimate of drug-likeness (QED) is 0.597. The van der Waals surface area contributed by atoms with Crippen molar-refractivity contribution in [1.29, 1.82) is 0 Å². The van der Waals surface area contributed by atoms with Gasteiger partial charge in [0.2, 0.25) is 5.91 Å². The Bertz CT molecular complexity index is 1030. The second-order valence-corrected chi connectivity index (χ2v) is 7.92. The number of nitrogens with zero attached hydrogens (tertiary/aromatic N) is 1. The van der Waals surface area contributed by atoms with Gasteiger partial charge in [0.25, 0.3) is 0 Å². The molecule has 30 heavy (non-hydrogen) atoms. The van der Waals surface area contributed by atoms with Crippen LogP contribution >= 0.6 is 11.6 Å². The normalized spacial score (nSPS) is 20.5. The molecular weight excluding hydrogens is 404 g/mol. The summed E-state index contributed by atoms with van der Waals surface area (Å²) in [5.41, 5.74) is 2.50. The lowest BCUT2D eigenvalue weighted by molar-refractivity contribution is -0.172. The molecule has 0 spiro atoms. The first-order valence-corrected chi connectivity index (χ1v) is 10.4. The minimum atomic E-state index is -1.01. The summed E-state index contributed by atoms with van der Waals surface area (Å²) < 4.78 is 5.97. The van der Waals surface area contributed by atoms with Gasteiger partial charge in [-0.2, -0.15) is 0 Å². The number of aromatic amines is 1. The molecule has 0 radical (unpaired) electrons. The highest BCUT2D eigenvalue weighted by Gasteiger charge is 2.44. The molecule has 1 saturated heterocycles. The second-order valence-electron chi connectivity index (χ2n) is 7.48. The van der Waals surface area contributed by atoms with Crippen molar-refractivity contribution in [1.82, 2.24) is 9.88 Å². The van der Waals surface area contributed by atoms with Crippen LogP contribution in [-0.4, -0.2) is 39.5 Å². The van der Waals surface area contributed by atoms with Gasteiger partial charge in [-0.1, -0.05) is 55.3 Å². The van der Waals surface area contributed by atoms with Crippen LogP contribution in [0.3, 0.4) is 0 Å². The summed E-state index contributed by atoms with van der Waals surface area (Å²) >= 11 is 6.05. The monoisotopic (exact) mass is 426 g/mol. The molecule has 1 aliphatic heterocycles. The predicted molar refractivity (Wildman–Crippen MR) is 114 cm³/mol. The van der Waals surface area contributed by atoms with Gasteiger partial charge < -0.3 is 19.7 Å². The zero-order valence-corrected chi connectivity index (χ0v) is 17.3. The van der Waals surface area contributed by atoms with E-state index in [2.05, 4.69) is 4.98 Å². The molecule has 0 bridgehead atoms. The molecule has 3 atom stereocenters. The second kappa shape index (κ2) is 8.50. The minimum Gasteiger partial charge on any atom is -0.480 e. The molecule has 1 amide bonds. The smallest absolute Gasteiger partial charge is 0.326 e. The van der Waals surface area contributed by atoms with Crippen molar-refractivity contribution in [2.75, 3.05) is 6.61 Å². The number of carboxylic acids is 1. The summed E-state index contributed by atoms with van der Waals surface area (Å²) in [6, 6.07) is 15.5. The summed E-state index contributed by atoms with van der Waals surface area (Å²) in [6.07, 6.45) is 0.490. The van der Waals surface area contributed by atoms with Crippen LogP contribution in [0.1, 0.15) is 43.2 Å². The molecule has 0 aliphatic carbocycles. The van der Waals surface area contributed by atoms with Crippen LogP contribution in [0.5, 0.6) is 0 Å². The maximum atomic E-state index is 12.9. The van der Waals surface area contributed by atoms with Gasteiger partial charge in [-0.25, -0.2) is 4.79 Å². The maximum Gasteiger partial charge on any atom is 0.326 e. The van der Waals surface area contributed by atoms with Crippen LogP contribution in [0, 0.1) is 0 Å². The molecule has 0 saturated carbocycles. The number of benzene rings is 2. The number of nitrogens with one attached hydrogen (secondary N) is 1. The molecule has 7 heteroatoms. The molecule has 1 aliphatic rings. The number of carbonyl (C=O) groups is 2. The van der Waals surface area contributed by atoms with Crippen molar-refractivity contribution in [3.8, 4) is 0 Å². The molecule has 2 aromatic carbocycles. The molecular formula is C23H23ClN2O4. The first-order chi connectivity index (χ1) is 14.5. The fourth-order valence-corrected chi connectivity index (χ4v) is 4.28. The van der Waals surface area contributed by atoms with E-state index in [9.17, 15) is 14.7 Å². The van der Waals surface area contributed by atoms with Gasteiger partial charge in [0.15, 0.2) is 0 Å². The lowest BCUT2D eigenvalue weighted by Gasteiger charge is -2.43. The van der Waals surface area contributed by atoms with Crippen molar-refractivity contribution in [2.24, 2.45) is 0 Å². The van der Waals surface area contributed by atoms with E-state index < -0.39 is 24.2 Å². The maximum absolute atomic E-state index is 12.9. The third-order valence-electron chi connectivity index (χ3n) is 5.51. The molecule has 1 aromatic heterocycles. The van der Waals surface area contributed by atoms with Crippen molar-refractivity contribution in [3.63, 3.8) is 0 Å². The van der Waals surface area contributed by atoms with E-state index >= 15 is 0 Å². The predicted octanol–water partition coefficient (Wildman–Crippen LogP) is 4.72. The van der Waals surface area contributed by atoms with Gasteiger partial charge in [0, 0.05) is 16.2 Å². The highest BCUT2D eigenvalue weighted by atomic mass is 35.5. The van der Waals surface area contributed by atoms with E-state index in [1.165, 1.54) is 4.90 Å². The summed E-state index contributed by atoms with van der Waals surface area (Å²) in [4.78, 5) is 29.9. The Morgan fingerprint density at radius 3 is 2.67 bits per heavy atom. The van der Waals surface area contributed by atoms with Crippen LogP contribution in [0.15, 0.2) is 54.6 Å². The number of hydrogen-bond acceptors (Lipinski definition) is 3. The average molecular weight is 427 g/mol. The Hall–Kier alpha value is -2.83. The number of halogens is 1. The van der Waals surface area contributed by atoms with E-state index in [-0.39, 0.29) is 12.5 Å². The minimum absolute atomic E-state index is 0.169. The Morgan fingerprint density at radius 1 is 1.27 bits per heavy atom. The van der Waals surface area contributed by atoms with Crippen molar-refractivity contribution >= 4 is 34.4 Å². The number of fused-ring (bicyclic) bond motifs is 1. The van der Waals surface area contributed by atoms with Gasteiger partial charge in [-0.15, -0.1) is 0 Å². The standard InChI is InChI=1S/C23H23ClN2O4/c1-2-5-19(23(28)29)26-20(27)13-30-22(14-8-10-16(24)11-9-14)21(26)18-12-15-6-3-4-7-17(15)25-18/h3-4,6-12,19,21-22,25H,2,5,13H2,1H3,(H,28,29)/t19-,21+,22-/m1/s1. The molecule has 2 N–H and O–H groups in total. The number of amides is 1. The summed E-state index contributed by atoms with van der Waals surface area (Å²) in [5, 5.41) is 11.5. The zero-order chi connectivity index (χ0) is 21.3. The van der Waals surface area contributed by atoms with Crippen LogP contribution in [-0.2, 0) is 14.3 Å². The SMILES string of the molecule is CCC[C@H](C(=O)O)N1C(=O)CO[C@H](c2ccc(Cl)cc2)[C@@H]1c1cc2ccccc2[nH]1. The van der Waals surface area contributed by atoms with Gasteiger partial charge >= 0.3 is 5.97 Å². The molecule has 1 fully saturated rings. The summed E-state index contributed by atoms with van der Waals surface area (Å²) in [6.45, 7) is 1.74. The lowest BCUT2D eigenvalue weighted by Crippen LogP contribution is -2.53. The average Bonchev–Trinajstić information content (AvgIpc) is 3.16. The van der Waals surface area contributed by atoms with E-state index in [0.29, 0.717) is 17.9 Å². The van der Waals surface area contributed by atoms with Gasteiger partial charge in [-0.3, -0.25) is 4.79 Å². The number of H-pyrrole nitrogens is 1. The number of para-hydroxylation sites is 1. The number of morpholine rings is 1. The molecule has 2 heterocycles. The molecule has 4 rings (SSSR count). The van der Waals surface area contributed by atoms with Gasteiger partial charge in [0.1, 0.15) is 24.8 Å². The van der Waals surface area contributed by atoms with Crippen LogP contribution in [0.2, 0.25) is 5.02 Å². The fourth-order valence-electron chi connectivity index (χ4n) is 4.15. The van der Waals surface area contributed by atoms with Gasteiger partial charge in [-0.05, 0) is 41.6 Å². The molecule has 6 nitrogen and oxygen atoms in total. The van der Waals surface area contributed by atoms with E-state index in [0.717, 1.165) is 22.2 Å². The molecule has 156 valence electrons. The van der Waals surface area contributed by atoms with Crippen LogP contribution < -0.4 is 0 Å².